The number of rotatable bonds is 6. The van der Waals surface area contributed by atoms with E-state index in [0.29, 0.717) is 17.3 Å². The van der Waals surface area contributed by atoms with Crippen LogP contribution in [0.5, 0.6) is 0 Å². The van der Waals surface area contributed by atoms with Gasteiger partial charge in [0.1, 0.15) is 5.82 Å². The summed E-state index contributed by atoms with van der Waals surface area (Å²) in [5, 5.41) is 10.2. The molecule has 4 aromatic rings. The Bertz CT molecular complexity index is 1020. The van der Waals surface area contributed by atoms with Gasteiger partial charge >= 0.3 is 0 Å². The van der Waals surface area contributed by atoms with Gasteiger partial charge in [0.25, 0.3) is 0 Å². The lowest BCUT2D eigenvalue weighted by Crippen LogP contribution is -2.00. The van der Waals surface area contributed by atoms with Crippen molar-refractivity contribution in [3.63, 3.8) is 0 Å². The number of thioether (sulfide) groups is 1. The largest absolute Gasteiger partial charge is 0.341 e. The summed E-state index contributed by atoms with van der Waals surface area (Å²) in [7, 11) is 0. The number of hydrogen-bond acceptors (Lipinski definition) is 4. The molecule has 5 nitrogen and oxygen atoms in total. The van der Waals surface area contributed by atoms with Crippen LogP contribution in [0.1, 0.15) is 5.82 Å². The van der Waals surface area contributed by atoms with Gasteiger partial charge < -0.3 is 4.98 Å². The maximum atomic E-state index is 5.98. The van der Waals surface area contributed by atoms with E-state index in [2.05, 4.69) is 26.7 Å². The Morgan fingerprint density at radius 1 is 1.12 bits per heavy atom. The summed E-state index contributed by atoms with van der Waals surface area (Å²) in [5.41, 5.74) is 2.98. The van der Waals surface area contributed by atoms with Crippen LogP contribution in [0.2, 0.25) is 5.02 Å². The molecular weight excluding hydrogens is 366 g/mol. The van der Waals surface area contributed by atoms with Crippen molar-refractivity contribution in [2.75, 3.05) is 0 Å². The number of H-pyrrole nitrogens is 1. The normalized spacial score (nSPS) is 11.1. The number of benzene rings is 2. The molecule has 130 valence electrons. The fourth-order valence-corrected chi connectivity index (χ4v) is 3.65. The smallest absolute Gasteiger partial charge is 0.192 e. The van der Waals surface area contributed by atoms with E-state index >= 15 is 0 Å². The van der Waals surface area contributed by atoms with E-state index in [9.17, 15) is 0 Å². The molecule has 0 saturated heterocycles. The molecule has 2 heterocycles. The Hall–Kier alpha value is -2.57. The fourth-order valence-electron chi connectivity index (χ4n) is 2.71. The van der Waals surface area contributed by atoms with Gasteiger partial charge in [-0.1, -0.05) is 41.6 Å². The van der Waals surface area contributed by atoms with Crippen LogP contribution in [0.3, 0.4) is 0 Å². The number of imidazole rings is 1. The first-order valence-corrected chi connectivity index (χ1v) is 9.47. The van der Waals surface area contributed by atoms with Crippen molar-refractivity contribution in [1.29, 1.82) is 0 Å². The van der Waals surface area contributed by atoms with Crippen LogP contribution in [0, 0.1) is 0 Å². The number of para-hydroxylation sites is 2. The van der Waals surface area contributed by atoms with Crippen molar-refractivity contribution < 1.29 is 0 Å². The lowest BCUT2D eigenvalue weighted by Gasteiger charge is -2.07. The predicted molar refractivity (Wildman–Crippen MR) is 106 cm³/mol. The van der Waals surface area contributed by atoms with Gasteiger partial charge in [0.15, 0.2) is 11.0 Å². The number of aromatic amines is 1. The minimum atomic E-state index is 0.632. The van der Waals surface area contributed by atoms with Crippen molar-refractivity contribution in [3.05, 3.63) is 72.0 Å². The number of allylic oxidation sites excluding steroid dienone is 1. The summed E-state index contributed by atoms with van der Waals surface area (Å²) < 4.78 is 2.05. The molecule has 2 aromatic heterocycles. The average molecular weight is 382 g/mol. The maximum absolute atomic E-state index is 5.98. The minimum Gasteiger partial charge on any atom is -0.341 e. The summed E-state index contributed by atoms with van der Waals surface area (Å²) >= 11 is 7.58. The molecule has 0 saturated carbocycles. The van der Waals surface area contributed by atoms with Crippen molar-refractivity contribution in [3.8, 4) is 11.4 Å². The Balaban J connectivity index is 1.59. The topological polar surface area (TPSA) is 59.4 Å². The van der Waals surface area contributed by atoms with E-state index in [-0.39, 0.29) is 0 Å². The summed E-state index contributed by atoms with van der Waals surface area (Å²) in [6.45, 7) is 4.48. The molecule has 0 fully saturated rings. The second kappa shape index (κ2) is 7.35. The monoisotopic (exact) mass is 381 g/mol. The molecule has 0 unspecified atom stereocenters. The van der Waals surface area contributed by atoms with E-state index < -0.39 is 0 Å². The van der Waals surface area contributed by atoms with Crippen LogP contribution in [0.4, 0.5) is 0 Å². The van der Waals surface area contributed by atoms with Gasteiger partial charge in [0.2, 0.25) is 0 Å². The van der Waals surface area contributed by atoms with Crippen LogP contribution in [0.25, 0.3) is 22.4 Å². The first kappa shape index (κ1) is 16.9. The molecular formula is C19H16ClN5S. The standard InChI is InChI=1S/C19H16ClN5S/c1-2-11-25-18(13-7-9-14(20)10-8-13)23-24-19(25)26-12-17-21-15-5-3-4-6-16(15)22-17/h2-10H,1,11-12H2,(H,21,22). The van der Waals surface area contributed by atoms with E-state index in [1.165, 1.54) is 0 Å². The fraction of sp³-hybridized carbons (Fsp3) is 0.105. The third kappa shape index (κ3) is 3.38. The van der Waals surface area contributed by atoms with Gasteiger partial charge in [0.05, 0.1) is 16.8 Å². The lowest BCUT2D eigenvalue weighted by molar-refractivity contribution is 0.731. The Kier molecular flexibility index (Phi) is 4.77. The molecule has 0 bridgehead atoms. The third-order valence-electron chi connectivity index (χ3n) is 3.91. The van der Waals surface area contributed by atoms with Crippen LogP contribution in [0.15, 0.2) is 66.3 Å². The van der Waals surface area contributed by atoms with Crippen molar-refractivity contribution in [2.24, 2.45) is 0 Å². The zero-order valence-corrected chi connectivity index (χ0v) is 15.5. The summed E-state index contributed by atoms with van der Waals surface area (Å²) in [4.78, 5) is 7.95. The zero-order chi connectivity index (χ0) is 17.9. The number of nitrogens with one attached hydrogen (secondary N) is 1. The highest BCUT2D eigenvalue weighted by molar-refractivity contribution is 7.98. The molecule has 26 heavy (non-hydrogen) atoms. The highest BCUT2D eigenvalue weighted by Gasteiger charge is 2.14. The molecule has 1 N–H and O–H groups in total. The summed E-state index contributed by atoms with van der Waals surface area (Å²) in [5.74, 6) is 2.40. The molecule has 0 amide bonds. The average Bonchev–Trinajstić information content (AvgIpc) is 3.25. The molecule has 2 aromatic carbocycles. The van der Waals surface area contributed by atoms with Gasteiger partial charge in [0, 0.05) is 17.1 Å². The van der Waals surface area contributed by atoms with E-state index in [1.54, 1.807) is 11.8 Å². The number of hydrogen-bond donors (Lipinski definition) is 1. The second-order valence-corrected chi connectivity index (χ2v) is 7.08. The predicted octanol–water partition coefficient (Wildman–Crippen LogP) is 4.95. The Morgan fingerprint density at radius 3 is 2.69 bits per heavy atom. The molecule has 7 heteroatoms. The Morgan fingerprint density at radius 2 is 1.92 bits per heavy atom. The molecule has 0 atom stereocenters. The van der Waals surface area contributed by atoms with Crippen LogP contribution < -0.4 is 0 Å². The van der Waals surface area contributed by atoms with Crippen molar-refractivity contribution >= 4 is 34.4 Å². The summed E-state index contributed by atoms with van der Waals surface area (Å²) in [6.07, 6.45) is 1.84. The first-order chi connectivity index (χ1) is 12.7. The zero-order valence-electron chi connectivity index (χ0n) is 13.9. The molecule has 4 rings (SSSR count). The van der Waals surface area contributed by atoms with Gasteiger partial charge in [-0.3, -0.25) is 4.57 Å². The van der Waals surface area contributed by atoms with Crippen LogP contribution >= 0.6 is 23.4 Å². The first-order valence-electron chi connectivity index (χ1n) is 8.11. The molecule has 0 aliphatic rings. The number of aromatic nitrogens is 5. The number of halogens is 1. The lowest BCUT2D eigenvalue weighted by atomic mass is 10.2. The SMILES string of the molecule is C=CCn1c(SCc2nc3ccccc3[nH]2)nnc1-c1ccc(Cl)cc1. The number of fused-ring (bicyclic) bond motifs is 1. The molecule has 0 aliphatic heterocycles. The molecule has 0 aliphatic carbocycles. The summed E-state index contributed by atoms with van der Waals surface area (Å²) in [6, 6.07) is 15.6. The van der Waals surface area contributed by atoms with Gasteiger partial charge in [-0.05, 0) is 36.4 Å². The van der Waals surface area contributed by atoms with Crippen LogP contribution in [-0.4, -0.2) is 24.7 Å². The van der Waals surface area contributed by atoms with Crippen LogP contribution in [-0.2, 0) is 12.3 Å². The van der Waals surface area contributed by atoms with E-state index in [0.717, 1.165) is 33.4 Å². The van der Waals surface area contributed by atoms with E-state index in [1.807, 2.05) is 59.2 Å². The third-order valence-corrected chi connectivity index (χ3v) is 5.14. The quantitative estimate of drug-likeness (QED) is 0.379. The Labute approximate surface area is 160 Å². The van der Waals surface area contributed by atoms with Gasteiger partial charge in [-0.2, -0.15) is 0 Å². The molecule has 0 radical (unpaired) electrons. The molecule has 0 spiro atoms. The maximum Gasteiger partial charge on any atom is 0.192 e. The second-order valence-electron chi connectivity index (χ2n) is 5.70. The van der Waals surface area contributed by atoms with Crippen molar-refractivity contribution in [1.82, 2.24) is 24.7 Å². The van der Waals surface area contributed by atoms with E-state index in [4.69, 9.17) is 11.6 Å². The number of nitrogens with zero attached hydrogens (tertiary/aromatic N) is 4. The van der Waals surface area contributed by atoms with Gasteiger partial charge in [-0.15, -0.1) is 16.8 Å². The highest BCUT2D eigenvalue weighted by atomic mass is 35.5. The minimum absolute atomic E-state index is 0.632. The van der Waals surface area contributed by atoms with Gasteiger partial charge in [-0.25, -0.2) is 4.98 Å². The van der Waals surface area contributed by atoms with Crippen molar-refractivity contribution in [2.45, 2.75) is 17.5 Å². The highest BCUT2D eigenvalue weighted by Crippen LogP contribution is 2.27.